The van der Waals surface area contributed by atoms with Gasteiger partial charge in [-0.05, 0) is 62.4 Å². The fourth-order valence-corrected chi connectivity index (χ4v) is 3.31. The van der Waals surface area contributed by atoms with Crippen LogP contribution in [0.5, 0.6) is 0 Å². The number of hydrogen-bond acceptors (Lipinski definition) is 2. The molecule has 4 heteroatoms. The monoisotopic (exact) mass is 324 g/mol. The lowest BCUT2D eigenvalue weighted by Gasteiger charge is -2.27. The van der Waals surface area contributed by atoms with Crippen molar-refractivity contribution in [1.29, 1.82) is 0 Å². The third-order valence-corrected chi connectivity index (χ3v) is 4.19. The smallest absolute Gasteiger partial charge is 0.241 e. The Morgan fingerprint density at radius 2 is 2.00 bits per heavy atom. The minimum absolute atomic E-state index is 0.0637. The molecule has 1 aromatic carbocycles. The zero-order valence-electron chi connectivity index (χ0n) is 11.7. The minimum atomic E-state index is -0.0637. The van der Waals surface area contributed by atoms with Crippen molar-refractivity contribution < 1.29 is 4.79 Å². The van der Waals surface area contributed by atoms with Crippen molar-refractivity contribution in [2.45, 2.75) is 39.7 Å². The predicted octanol–water partition coefficient (Wildman–Crippen LogP) is 3.39. The lowest BCUT2D eigenvalue weighted by Crippen LogP contribution is -2.45. The molecule has 0 radical (unpaired) electrons. The molecule has 0 aromatic heterocycles. The van der Waals surface area contributed by atoms with Gasteiger partial charge in [-0.25, -0.2) is 0 Å². The summed E-state index contributed by atoms with van der Waals surface area (Å²) in [4.78, 5) is 12.3. The molecule has 0 saturated carbocycles. The molecule has 19 heavy (non-hydrogen) atoms. The molecule has 3 nitrogen and oxygen atoms in total. The van der Waals surface area contributed by atoms with Gasteiger partial charge in [0.15, 0.2) is 0 Å². The van der Waals surface area contributed by atoms with Crippen molar-refractivity contribution in [2.24, 2.45) is 5.92 Å². The molecule has 0 spiro atoms. The highest BCUT2D eigenvalue weighted by Gasteiger charge is 2.25. The first-order valence-corrected chi connectivity index (χ1v) is 7.57. The number of rotatable bonds is 2. The maximum Gasteiger partial charge on any atom is 0.241 e. The number of halogens is 1. The summed E-state index contributed by atoms with van der Waals surface area (Å²) in [5.74, 6) is 0.698. The van der Waals surface area contributed by atoms with Crippen LogP contribution in [0.15, 0.2) is 16.6 Å². The Morgan fingerprint density at radius 1 is 1.37 bits per heavy atom. The first-order chi connectivity index (χ1) is 8.97. The van der Waals surface area contributed by atoms with Crippen molar-refractivity contribution in [2.75, 3.05) is 11.9 Å². The summed E-state index contributed by atoms with van der Waals surface area (Å²) in [7, 11) is 0. The van der Waals surface area contributed by atoms with E-state index in [9.17, 15) is 4.79 Å². The zero-order valence-corrected chi connectivity index (χ0v) is 13.3. The third-order valence-electron chi connectivity index (χ3n) is 3.73. The van der Waals surface area contributed by atoms with Crippen LogP contribution in [-0.4, -0.2) is 18.5 Å². The summed E-state index contributed by atoms with van der Waals surface area (Å²) >= 11 is 3.47. The Labute approximate surface area is 123 Å². The third kappa shape index (κ3) is 3.57. The van der Waals surface area contributed by atoms with E-state index in [1.54, 1.807) is 0 Å². The lowest BCUT2D eigenvalue weighted by molar-refractivity contribution is -0.119. The van der Waals surface area contributed by atoms with Gasteiger partial charge < -0.3 is 10.6 Å². The van der Waals surface area contributed by atoms with Crippen LogP contribution in [0.25, 0.3) is 0 Å². The number of nitrogens with one attached hydrogen (secondary N) is 2. The molecule has 2 N–H and O–H groups in total. The summed E-state index contributed by atoms with van der Waals surface area (Å²) in [6.45, 7) is 7.17. The summed E-state index contributed by atoms with van der Waals surface area (Å²) in [5, 5.41) is 6.37. The average Bonchev–Trinajstić information content (AvgIpc) is 2.33. The second-order valence-electron chi connectivity index (χ2n) is 5.54. The SMILES string of the molecule is Cc1cc(Br)cc(C)c1NC(=O)C1CC(C)CCN1. The Balaban J connectivity index is 2.10. The van der Waals surface area contributed by atoms with Crippen LogP contribution in [0.1, 0.15) is 30.9 Å². The van der Waals surface area contributed by atoms with E-state index >= 15 is 0 Å². The molecule has 2 unspecified atom stereocenters. The van der Waals surface area contributed by atoms with E-state index in [0.717, 1.165) is 40.7 Å². The van der Waals surface area contributed by atoms with E-state index in [2.05, 4.69) is 33.5 Å². The summed E-state index contributed by atoms with van der Waals surface area (Å²) in [6.07, 6.45) is 2.07. The van der Waals surface area contributed by atoms with E-state index in [1.807, 2.05) is 26.0 Å². The zero-order chi connectivity index (χ0) is 14.0. The highest BCUT2D eigenvalue weighted by Crippen LogP contribution is 2.26. The van der Waals surface area contributed by atoms with Gasteiger partial charge >= 0.3 is 0 Å². The van der Waals surface area contributed by atoms with Gasteiger partial charge in [-0.3, -0.25) is 4.79 Å². The molecule has 0 aliphatic carbocycles. The molecule has 2 rings (SSSR count). The van der Waals surface area contributed by atoms with Gasteiger partial charge in [-0.1, -0.05) is 22.9 Å². The topological polar surface area (TPSA) is 41.1 Å². The Bertz CT molecular complexity index is 464. The van der Waals surface area contributed by atoms with E-state index in [-0.39, 0.29) is 11.9 Å². The molecule has 0 bridgehead atoms. The predicted molar refractivity (Wildman–Crippen MR) is 82.4 cm³/mol. The van der Waals surface area contributed by atoms with Crippen LogP contribution in [0.3, 0.4) is 0 Å². The maximum atomic E-state index is 12.3. The van der Waals surface area contributed by atoms with Gasteiger partial charge in [-0.15, -0.1) is 0 Å². The van der Waals surface area contributed by atoms with Gasteiger partial charge in [0.25, 0.3) is 0 Å². The Kier molecular flexibility index (Phi) is 4.63. The van der Waals surface area contributed by atoms with Crippen LogP contribution in [0.4, 0.5) is 5.69 Å². The number of aryl methyl sites for hydroxylation is 2. The number of benzene rings is 1. The first kappa shape index (κ1) is 14.5. The highest BCUT2D eigenvalue weighted by molar-refractivity contribution is 9.10. The summed E-state index contributed by atoms with van der Waals surface area (Å²) < 4.78 is 1.05. The van der Waals surface area contributed by atoms with Crippen LogP contribution < -0.4 is 10.6 Å². The fraction of sp³-hybridized carbons (Fsp3) is 0.533. The number of carbonyl (C=O) groups excluding carboxylic acids is 1. The maximum absolute atomic E-state index is 12.3. The number of hydrogen-bond donors (Lipinski definition) is 2. The van der Waals surface area contributed by atoms with E-state index in [0.29, 0.717) is 5.92 Å². The number of amides is 1. The van der Waals surface area contributed by atoms with Crippen molar-refractivity contribution in [3.63, 3.8) is 0 Å². The van der Waals surface area contributed by atoms with E-state index in [4.69, 9.17) is 0 Å². The Hall–Kier alpha value is -0.870. The molecule has 1 saturated heterocycles. The van der Waals surface area contributed by atoms with Gasteiger partial charge in [0.2, 0.25) is 5.91 Å². The summed E-state index contributed by atoms with van der Waals surface area (Å²) in [6, 6.07) is 3.99. The van der Waals surface area contributed by atoms with Crippen molar-refractivity contribution >= 4 is 27.5 Å². The van der Waals surface area contributed by atoms with Crippen LogP contribution >= 0.6 is 15.9 Å². The molecular formula is C15H21BrN2O. The van der Waals surface area contributed by atoms with Gasteiger partial charge in [0.05, 0.1) is 6.04 Å². The number of carbonyl (C=O) groups is 1. The fourth-order valence-electron chi connectivity index (χ4n) is 2.63. The minimum Gasteiger partial charge on any atom is -0.324 e. The highest BCUT2D eigenvalue weighted by atomic mass is 79.9. The van der Waals surface area contributed by atoms with Crippen molar-refractivity contribution in [3.05, 3.63) is 27.7 Å². The standard InChI is InChI=1S/C15H21BrN2O/c1-9-4-5-17-13(6-9)15(19)18-14-10(2)7-12(16)8-11(14)3/h7-9,13,17H,4-6H2,1-3H3,(H,18,19). The number of anilines is 1. The Morgan fingerprint density at radius 3 is 2.58 bits per heavy atom. The van der Waals surface area contributed by atoms with Crippen molar-refractivity contribution in [3.8, 4) is 0 Å². The molecule has 1 amide bonds. The van der Waals surface area contributed by atoms with E-state index < -0.39 is 0 Å². The molecule has 2 atom stereocenters. The van der Waals surface area contributed by atoms with Gasteiger partial charge in [0.1, 0.15) is 0 Å². The van der Waals surface area contributed by atoms with Gasteiger partial charge in [-0.2, -0.15) is 0 Å². The molecule has 1 aliphatic rings. The molecular weight excluding hydrogens is 304 g/mol. The largest absolute Gasteiger partial charge is 0.324 e. The van der Waals surface area contributed by atoms with Gasteiger partial charge in [0, 0.05) is 10.2 Å². The van der Waals surface area contributed by atoms with E-state index in [1.165, 1.54) is 0 Å². The number of piperidine rings is 1. The normalized spacial score (nSPS) is 23.2. The second-order valence-corrected chi connectivity index (χ2v) is 6.46. The first-order valence-electron chi connectivity index (χ1n) is 6.78. The average molecular weight is 325 g/mol. The quantitative estimate of drug-likeness (QED) is 0.875. The van der Waals surface area contributed by atoms with Crippen LogP contribution in [0.2, 0.25) is 0 Å². The molecule has 104 valence electrons. The second kappa shape index (κ2) is 6.06. The molecule has 1 fully saturated rings. The molecule has 1 heterocycles. The molecule has 1 aliphatic heterocycles. The lowest BCUT2D eigenvalue weighted by atomic mass is 9.94. The summed E-state index contributed by atoms with van der Waals surface area (Å²) in [5.41, 5.74) is 3.11. The van der Waals surface area contributed by atoms with Crippen LogP contribution in [0, 0.1) is 19.8 Å². The molecule has 1 aromatic rings. The van der Waals surface area contributed by atoms with Crippen molar-refractivity contribution in [1.82, 2.24) is 5.32 Å². The van der Waals surface area contributed by atoms with Crippen LogP contribution in [-0.2, 0) is 4.79 Å².